The molecule has 7 N–H and O–H groups in total. The topological polar surface area (TPSA) is 217 Å². The zero-order chi connectivity index (χ0) is 30.0. The monoisotopic (exact) mass is 577 g/mol. The second kappa shape index (κ2) is 25.3. The number of Topliss-reactive ketones (excluding diaryl/α,β-unsaturated/α-hetero) is 1. The third-order valence-corrected chi connectivity index (χ3v) is 5.43. The van der Waals surface area contributed by atoms with Gasteiger partial charge in [-0.2, -0.15) is 0 Å². The molecule has 0 aliphatic heterocycles. The van der Waals surface area contributed by atoms with Crippen molar-refractivity contribution in [1.82, 2.24) is 21.3 Å². The van der Waals surface area contributed by atoms with Gasteiger partial charge in [0.25, 0.3) is 0 Å². The molecule has 0 spiro atoms. The zero-order valence-electron chi connectivity index (χ0n) is 23.7. The third-order valence-electron chi connectivity index (χ3n) is 5.43. The van der Waals surface area contributed by atoms with Crippen LogP contribution in [0.2, 0.25) is 0 Å². The molecule has 0 saturated heterocycles. The van der Waals surface area contributed by atoms with Crippen molar-refractivity contribution in [1.29, 1.82) is 0 Å². The second-order valence-corrected chi connectivity index (χ2v) is 8.81. The number of nitrogens with one attached hydrogen (secondary N) is 4. The van der Waals surface area contributed by atoms with Gasteiger partial charge in [-0.3, -0.25) is 24.0 Å². The summed E-state index contributed by atoms with van der Waals surface area (Å²) >= 11 is 0. The summed E-state index contributed by atoms with van der Waals surface area (Å²) in [5.74, 6) is -1.85. The summed E-state index contributed by atoms with van der Waals surface area (Å²) in [5.41, 5.74) is 5.33. The van der Waals surface area contributed by atoms with E-state index in [0.717, 1.165) is 19.3 Å². The van der Waals surface area contributed by atoms with Gasteiger partial charge in [-0.25, -0.2) is 0 Å². The highest BCUT2D eigenvalue weighted by Gasteiger charge is 2.13. The molecule has 15 heteroatoms. The van der Waals surface area contributed by atoms with E-state index in [-0.39, 0.29) is 102 Å². The van der Waals surface area contributed by atoms with E-state index in [2.05, 4.69) is 21.3 Å². The van der Waals surface area contributed by atoms with Crippen LogP contribution in [0.4, 0.5) is 0 Å². The van der Waals surface area contributed by atoms with E-state index in [1.165, 1.54) is 0 Å². The van der Waals surface area contributed by atoms with Gasteiger partial charge >= 0.3 is 5.97 Å². The first-order valence-electron chi connectivity index (χ1n) is 13.4. The molecule has 0 saturated carbocycles. The van der Waals surface area contributed by atoms with Gasteiger partial charge < -0.3 is 51.1 Å². The molecule has 3 amide bonds. The molecule has 0 unspecified atom stereocenters. The van der Waals surface area contributed by atoms with E-state index in [4.69, 9.17) is 29.8 Å². The molecular weight excluding hydrogens is 530 g/mol. The number of ether oxygens (including phenoxy) is 4. The minimum absolute atomic E-state index is 0.0213. The number of likely N-dealkylation sites (N-methyl/N-ethyl adjacent to an activating group) is 1. The molecule has 40 heavy (non-hydrogen) atoms. The Morgan fingerprint density at radius 2 is 1.20 bits per heavy atom. The third kappa shape index (κ3) is 23.2. The van der Waals surface area contributed by atoms with Gasteiger partial charge in [0.2, 0.25) is 17.7 Å². The molecular formula is C25H47N5O10. The summed E-state index contributed by atoms with van der Waals surface area (Å²) in [5, 5.41) is 19.6. The van der Waals surface area contributed by atoms with Crippen molar-refractivity contribution < 1.29 is 48.0 Å². The number of carbonyl (C=O) groups is 5. The maximum absolute atomic E-state index is 11.7. The highest BCUT2D eigenvalue weighted by molar-refractivity contribution is 5.81. The maximum atomic E-state index is 11.7. The molecule has 0 fully saturated rings. The van der Waals surface area contributed by atoms with Gasteiger partial charge in [0, 0.05) is 26.1 Å². The Balaban J connectivity index is 3.44. The van der Waals surface area contributed by atoms with Crippen LogP contribution in [0.1, 0.15) is 39.0 Å². The quantitative estimate of drug-likeness (QED) is 0.0581. The zero-order valence-corrected chi connectivity index (χ0v) is 23.7. The smallest absolute Gasteiger partial charge is 0.320 e. The van der Waals surface area contributed by atoms with Crippen LogP contribution in [0, 0.1) is 0 Å². The van der Waals surface area contributed by atoms with Gasteiger partial charge in [0.15, 0.2) is 0 Å². The van der Waals surface area contributed by atoms with Gasteiger partial charge in [-0.1, -0.05) is 0 Å². The molecule has 0 aromatic carbocycles. The van der Waals surface area contributed by atoms with Crippen LogP contribution in [0.5, 0.6) is 0 Å². The number of nitrogens with two attached hydrogens (primary N) is 1. The fourth-order valence-corrected chi connectivity index (χ4v) is 3.15. The fourth-order valence-electron chi connectivity index (χ4n) is 3.15. The van der Waals surface area contributed by atoms with Crippen LogP contribution in [0.25, 0.3) is 0 Å². The number of carboxylic acid groups (broad SMARTS) is 1. The number of amides is 3. The highest BCUT2D eigenvalue weighted by Crippen LogP contribution is 2.01. The first-order valence-corrected chi connectivity index (χ1v) is 13.4. The lowest BCUT2D eigenvalue weighted by Crippen LogP contribution is -2.33. The Hall–Kier alpha value is -2.69. The van der Waals surface area contributed by atoms with Crippen LogP contribution in [0.3, 0.4) is 0 Å². The Bertz CT molecular complexity index is 741. The summed E-state index contributed by atoms with van der Waals surface area (Å²) in [6.07, 6.45) is 2.43. The average Bonchev–Trinajstić information content (AvgIpc) is 2.91. The van der Waals surface area contributed by atoms with Gasteiger partial charge in [0.1, 0.15) is 25.0 Å². The van der Waals surface area contributed by atoms with Gasteiger partial charge in [-0.15, -0.1) is 0 Å². The lowest BCUT2D eigenvalue weighted by atomic mass is 10.1. The number of hydrogen-bond acceptors (Lipinski definition) is 11. The SMILES string of the molecule is CN[C@@H](CCCCNC(=O)COCCOCCNC(=O)COCCOCCNC(=O)CC[C@H](N)C(=O)O)C(C)=O. The van der Waals surface area contributed by atoms with E-state index in [1.807, 2.05) is 0 Å². The lowest BCUT2D eigenvalue weighted by Gasteiger charge is -2.12. The number of carbonyl (C=O) groups excluding carboxylic acids is 4. The van der Waals surface area contributed by atoms with E-state index in [0.29, 0.717) is 13.1 Å². The first kappa shape index (κ1) is 37.3. The largest absolute Gasteiger partial charge is 0.480 e. The Morgan fingerprint density at radius 3 is 1.70 bits per heavy atom. The van der Waals surface area contributed by atoms with E-state index in [1.54, 1.807) is 14.0 Å². The standard InChI is InChI=1S/C25H47N5O10/c1-19(31)21(27-2)5-3-4-8-28-23(33)17-39-15-14-38-12-10-30-24(34)18-40-16-13-37-11-9-29-22(32)7-6-20(26)25(35)36/h20-21,27H,3-18,26H2,1-2H3,(H,28,33)(H,29,32)(H,30,34)(H,35,36)/t20-,21-/m0/s1. The van der Waals surface area contributed by atoms with Crippen LogP contribution in [-0.4, -0.2) is 126 Å². The summed E-state index contributed by atoms with van der Waals surface area (Å²) in [7, 11) is 1.76. The number of rotatable bonds is 27. The van der Waals surface area contributed by atoms with E-state index < -0.39 is 12.0 Å². The summed E-state index contributed by atoms with van der Waals surface area (Å²) < 4.78 is 21.1. The van der Waals surface area contributed by atoms with Crippen LogP contribution >= 0.6 is 0 Å². The molecule has 0 aliphatic rings. The van der Waals surface area contributed by atoms with Gasteiger partial charge in [-0.05, 0) is 39.7 Å². The highest BCUT2D eigenvalue weighted by atomic mass is 16.5. The van der Waals surface area contributed by atoms with Crippen LogP contribution in [-0.2, 0) is 42.9 Å². The van der Waals surface area contributed by atoms with Crippen molar-refractivity contribution in [2.24, 2.45) is 5.73 Å². The Kier molecular flexibility index (Phi) is 23.6. The molecule has 0 rings (SSSR count). The summed E-state index contributed by atoms with van der Waals surface area (Å²) in [4.78, 5) is 56.9. The number of aliphatic carboxylic acids is 1. The normalized spacial score (nSPS) is 12.4. The molecule has 15 nitrogen and oxygen atoms in total. The lowest BCUT2D eigenvalue weighted by molar-refractivity contribution is -0.138. The van der Waals surface area contributed by atoms with E-state index in [9.17, 15) is 24.0 Å². The molecule has 0 heterocycles. The maximum Gasteiger partial charge on any atom is 0.320 e. The van der Waals surface area contributed by atoms with Crippen molar-refractivity contribution in [2.45, 2.75) is 51.1 Å². The average molecular weight is 578 g/mol. The van der Waals surface area contributed by atoms with E-state index >= 15 is 0 Å². The van der Waals surface area contributed by atoms with Crippen LogP contribution in [0.15, 0.2) is 0 Å². The second-order valence-electron chi connectivity index (χ2n) is 8.81. The van der Waals surface area contributed by atoms with Crippen LogP contribution < -0.4 is 27.0 Å². The van der Waals surface area contributed by atoms with Crippen molar-refractivity contribution >= 4 is 29.5 Å². The number of unbranched alkanes of at least 4 members (excludes halogenated alkanes) is 1. The number of carboxylic acids is 1. The van der Waals surface area contributed by atoms with Crippen molar-refractivity contribution in [3.05, 3.63) is 0 Å². The van der Waals surface area contributed by atoms with Crippen molar-refractivity contribution in [2.75, 3.05) is 79.5 Å². The molecule has 0 radical (unpaired) electrons. The van der Waals surface area contributed by atoms with Crippen molar-refractivity contribution in [3.63, 3.8) is 0 Å². The molecule has 2 atom stereocenters. The molecule has 0 bridgehead atoms. The molecule has 0 aromatic heterocycles. The minimum Gasteiger partial charge on any atom is -0.480 e. The molecule has 232 valence electrons. The summed E-state index contributed by atoms with van der Waals surface area (Å²) in [6, 6.07) is -1.20. The number of hydrogen-bond donors (Lipinski definition) is 6. The molecule has 0 aromatic rings. The predicted octanol–water partition coefficient (Wildman–Crippen LogP) is -2.06. The fraction of sp³-hybridized carbons (Fsp3) is 0.800. The Morgan fingerprint density at radius 1 is 0.700 bits per heavy atom. The minimum atomic E-state index is -1.14. The molecule has 0 aliphatic carbocycles. The van der Waals surface area contributed by atoms with Gasteiger partial charge in [0.05, 0.1) is 45.7 Å². The summed E-state index contributed by atoms with van der Waals surface area (Å²) in [6.45, 7) is 3.96. The Labute approximate surface area is 235 Å². The van der Waals surface area contributed by atoms with Crippen molar-refractivity contribution in [3.8, 4) is 0 Å². The first-order chi connectivity index (χ1) is 19.2. The predicted molar refractivity (Wildman–Crippen MR) is 145 cm³/mol. The number of ketones is 1.